The van der Waals surface area contributed by atoms with E-state index in [1.54, 1.807) is 6.07 Å². The fourth-order valence-corrected chi connectivity index (χ4v) is 7.33. The molecule has 1 atom stereocenters. The van der Waals surface area contributed by atoms with Gasteiger partial charge in [0.2, 0.25) is 0 Å². The zero-order valence-corrected chi connectivity index (χ0v) is 22.8. The minimum Gasteiger partial charge on any atom is -0.293 e. The molecule has 0 aromatic heterocycles. The van der Waals surface area contributed by atoms with E-state index in [0.29, 0.717) is 5.69 Å². The van der Waals surface area contributed by atoms with Gasteiger partial charge in [-0.15, -0.1) is 0 Å². The first kappa shape index (κ1) is 26.4. The minimum atomic E-state index is -4.42. The molecule has 198 valence electrons. The predicted molar refractivity (Wildman–Crippen MR) is 149 cm³/mol. The van der Waals surface area contributed by atoms with E-state index in [1.165, 1.54) is 30.5 Å². The first-order valence-electron chi connectivity index (χ1n) is 13.5. The van der Waals surface area contributed by atoms with E-state index in [-0.39, 0.29) is 11.5 Å². The molecule has 3 nitrogen and oxygen atoms in total. The Kier molecular flexibility index (Phi) is 7.22. The monoisotopic (exact) mass is 527 g/mol. The second-order valence-corrected chi connectivity index (χ2v) is 11.5. The van der Waals surface area contributed by atoms with Gasteiger partial charge >= 0.3 is 6.18 Å². The van der Waals surface area contributed by atoms with Crippen molar-refractivity contribution >= 4 is 34.4 Å². The molecule has 0 radical (unpaired) electrons. The summed E-state index contributed by atoms with van der Waals surface area (Å²) in [4.78, 5) is 10.5. The molecule has 7 heteroatoms. The Morgan fingerprint density at radius 2 is 1.51 bits per heavy atom. The van der Waals surface area contributed by atoms with E-state index >= 15 is 0 Å². The highest BCUT2D eigenvalue weighted by Crippen LogP contribution is 2.51. The number of benzene rings is 2. The summed E-state index contributed by atoms with van der Waals surface area (Å²) in [6.45, 7) is 8.14. The summed E-state index contributed by atoms with van der Waals surface area (Å²) < 4.78 is 41.3. The van der Waals surface area contributed by atoms with Crippen LogP contribution in [0.25, 0.3) is 0 Å². The Labute approximate surface area is 223 Å². The lowest BCUT2D eigenvalue weighted by Gasteiger charge is -2.44. The van der Waals surface area contributed by atoms with Crippen LogP contribution in [-0.4, -0.2) is 34.9 Å². The lowest BCUT2D eigenvalue weighted by atomic mass is 9.69. The van der Waals surface area contributed by atoms with E-state index in [0.717, 1.165) is 85.3 Å². The number of aliphatic imine (C=N–C) groups is 1. The molecule has 3 aliphatic rings. The summed E-state index contributed by atoms with van der Waals surface area (Å²) in [6.07, 6.45) is 4.27. The third-order valence-electron chi connectivity index (χ3n) is 8.42. The number of rotatable bonds is 3. The molecule has 3 fully saturated rings. The zero-order chi connectivity index (χ0) is 26.4. The van der Waals surface area contributed by atoms with Gasteiger partial charge in [0.05, 0.1) is 22.3 Å². The van der Waals surface area contributed by atoms with Crippen molar-refractivity contribution in [3.63, 3.8) is 0 Å². The fraction of sp³-hybridized carbons (Fsp3) is 0.533. The van der Waals surface area contributed by atoms with Gasteiger partial charge in [0.15, 0.2) is 0 Å². The van der Waals surface area contributed by atoms with Crippen LogP contribution in [0.2, 0.25) is 0 Å². The highest BCUT2D eigenvalue weighted by Gasteiger charge is 2.57. The van der Waals surface area contributed by atoms with E-state index in [2.05, 4.69) is 37.8 Å². The number of halogens is 3. The van der Waals surface area contributed by atoms with Crippen LogP contribution in [0.3, 0.4) is 0 Å². The van der Waals surface area contributed by atoms with E-state index in [1.807, 2.05) is 4.90 Å². The normalized spacial score (nSPS) is 23.8. The van der Waals surface area contributed by atoms with Gasteiger partial charge in [0.1, 0.15) is 5.84 Å². The molecule has 1 saturated carbocycles. The minimum absolute atomic E-state index is 0.0322. The van der Waals surface area contributed by atoms with Crippen LogP contribution in [-0.2, 0) is 6.18 Å². The number of aryl methyl sites for hydroxylation is 3. The maximum Gasteiger partial charge on any atom is 0.416 e. The van der Waals surface area contributed by atoms with Crippen LogP contribution in [0.1, 0.15) is 73.6 Å². The van der Waals surface area contributed by atoms with Gasteiger partial charge in [-0.3, -0.25) is 9.80 Å². The maximum absolute atomic E-state index is 13.8. The SMILES string of the molecule is Cc1cc(C)c(N=C2C(N3CCCCC3)C3(CCCCC3)C(=S)N2c2cccc(C(F)(F)F)c2)c(C)c1. The molecule has 2 aromatic rings. The third-order valence-corrected chi connectivity index (χ3v) is 9.01. The van der Waals surface area contributed by atoms with Gasteiger partial charge in [-0.05, 0) is 88.9 Å². The highest BCUT2D eigenvalue weighted by molar-refractivity contribution is 7.80. The van der Waals surface area contributed by atoms with Gasteiger partial charge in [0.25, 0.3) is 0 Å². The summed E-state index contributed by atoms with van der Waals surface area (Å²) in [7, 11) is 0. The van der Waals surface area contributed by atoms with Crippen LogP contribution in [0.15, 0.2) is 41.4 Å². The van der Waals surface area contributed by atoms with Gasteiger partial charge in [-0.25, -0.2) is 4.99 Å². The van der Waals surface area contributed by atoms with Crippen LogP contribution in [0.4, 0.5) is 24.5 Å². The van der Waals surface area contributed by atoms with E-state index < -0.39 is 11.7 Å². The lowest BCUT2D eigenvalue weighted by molar-refractivity contribution is -0.137. The second-order valence-electron chi connectivity index (χ2n) is 11.1. The lowest BCUT2D eigenvalue weighted by Crippen LogP contribution is -2.52. The Morgan fingerprint density at radius 3 is 2.14 bits per heavy atom. The first-order chi connectivity index (χ1) is 17.6. The fourth-order valence-electron chi connectivity index (χ4n) is 6.82. The van der Waals surface area contributed by atoms with E-state index in [9.17, 15) is 13.2 Å². The average molecular weight is 528 g/mol. The van der Waals surface area contributed by atoms with E-state index in [4.69, 9.17) is 17.2 Å². The second kappa shape index (κ2) is 10.1. The molecule has 2 saturated heterocycles. The Morgan fingerprint density at radius 1 is 0.892 bits per heavy atom. The molecule has 1 unspecified atom stereocenters. The molecule has 0 bridgehead atoms. The van der Waals surface area contributed by atoms with Gasteiger partial charge in [0, 0.05) is 11.1 Å². The van der Waals surface area contributed by atoms with Crippen molar-refractivity contribution in [2.24, 2.45) is 10.4 Å². The standard InChI is InChI=1S/C30H36F3N3S/c1-20-17-21(2)25(22(3)18-20)34-27-26(35-15-8-5-9-16-35)29(13-6-4-7-14-29)28(37)36(27)24-12-10-11-23(19-24)30(31,32)33/h10-12,17-19,26H,4-9,13-16H2,1-3H3. The van der Waals surface area contributed by atoms with Crippen LogP contribution < -0.4 is 4.90 Å². The largest absolute Gasteiger partial charge is 0.416 e. The Balaban J connectivity index is 1.74. The summed E-state index contributed by atoms with van der Waals surface area (Å²) in [5.41, 5.74) is 3.73. The zero-order valence-electron chi connectivity index (χ0n) is 22.0. The molecule has 2 aliphatic heterocycles. The Hall–Kier alpha value is -2.25. The summed E-state index contributed by atoms with van der Waals surface area (Å²) in [5, 5.41) is 0. The van der Waals surface area contributed by atoms with Crippen molar-refractivity contribution in [2.45, 2.75) is 84.4 Å². The number of amidine groups is 1. The maximum atomic E-state index is 13.8. The van der Waals surface area contributed by atoms with Crippen molar-refractivity contribution in [3.05, 3.63) is 58.7 Å². The number of piperidine rings is 1. The molecule has 1 spiro atoms. The number of hydrogen-bond donors (Lipinski definition) is 0. The van der Waals surface area contributed by atoms with Gasteiger partial charge < -0.3 is 0 Å². The number of thiocarbonyl (C=S) groups is 1. The molecular formula is C30H36F3N3S. The van der Waals surface area contributed by atoms with Crippen LogP contribution in [0.5, 0.6) is 0 Å². The number of nitrogens with zero attached hydrogens (tertiary/aromatic N) is 3. The molecule has 1 aliphatic carbocycles. The first-order valence-corrected chi connectivity index (χ1v) is 13.9. The quantitative estimate of drug-likeness (QED) is 0.374. The number of anilines is 1. The topological polar surface area (TPSA) is 18.8 Å². The van der Waals surface area contributed by atoms with Crippen LogP contribution >= 0.6 is 12.2 Å². The van der Waals surface area contributed by atoms with Crippen molar-refractivity contribution in [1.29, 1.82) is 0 Å². The number of hydrogen-bond acceptors (Lipinski definition) is 3. The Bertz CT molecular complexity index is 1180. The third kappa shape index (κ3) is 4.85. The number of likely N-dealkylation sites (tertiary alicyclic amines) is 1. The molecule has 2 aromatic carbocycles. The molecule has 0 N–H and O–H groups in total. The molecule has 37 heavy (non-hydrogen) atoms. The molecular weight excluding hydrogens is 491 g/mol. The summed E-state index contributed by atoms with van der Waals surface area (Å²) in [6, 6.07) is 9.83. The van der Waals surface area contributed by atoms with Crippen molar-refractivity contribution in [1.82, 2.24) is 4.90 Å². The van der Waals surface area contributed by atoms with Gasteiger partial charge in [-0.1, -0.05) is 61.7 Å². The smallest absolute Gasteiger partial charge is 0.293 e. The van der Waals surface area contributed by atoms with Crippen molar-refractivity contribution < 1.29 is 13.2 Å². The molecule has 0 amide bonds. The number of alkyl halides is 3. The predicted octanol–water partition coefficient (Wildman–Crippen LogP) is 8.31. The van der Waals surface area contributed by atoms with Crippen LogP contribution in [0, 0.1) is 26.2 Å². The average Bonchev–Trinajstić information content (AvgIpc) is 3.08. The van der Waals surface area contributed by atoms with Crippen molar-refractivity contribution in [2.75, 3.05) is 18.0 Å². The highest BCUT2D eigenvalue weighted by atomic mass is 32.1. The van der Waals surface area contributed by atoms with Crippen molar-refractivity contribution in [3.8, 4) is 0 Å². The molecule has 2 heterocycles. The summed E-state index contributed by atoms with van der Waals surface area (Å²) >= 11 is 6.25. The van der Waals surface area contributed by atoms with Gasteiger partial charge in [-0.2, -0.15) is 13.2 Å². The molecule has 5 rings (SSSR count). The summed E-state index contributed by atoms with van der Waals surface area (Å²) in [5.74, 6) is 0.795.